The third-order valence-electron chi connectivity index (χ3n) is 2.35. The van der Waals surface area contributed by atoms with E-state index in [4.69, 9.17) is 0 Å². The minimum Gasteiger partial charge on any atom is -0.329 e. The standard InChI is InChI=1S/C11H8F3N3O4S/c1-22(19,20)17-9(18)7-4-2-6(3-5-7)8-15-10(21-16-8)11(12,13)14/h2-5H,1H3,(H,17,18). The molecule has 2 rings (SSSR count). The van der Waals surface area contributed by atoms with Gasteiger partial charge in [-0.15, -0.1) is 0 Å². The minimum atomic E-state index is -4.75. The van der Waals surface area contributed by atoms with Crippen LogP contribution in [0.3, 0.4) is 0 Å². The maximum atomic E-state index is 12.3. The first-order chi connectivity index (χ1) is 10.1. The Bertz CT molecular complexity index is 797. The Labute approximate surface area is 122 Å². The van der Waals surface area contributed by atoms with Crippen LogP contribution in [0.25, 0.3) is 11.4 Å². The predicted molar refractivity (Wildman–Crippen MR) is 67.0 cm³/mol. The first kappa shape index (κ1) is 15.9. The number of sulfonamides is 1. The molecule has 1 amide bonds. The summed E-state index contributed by atoms with van der Waals surface area (Å²) in [6.07, 6.45) is -3.93. The Morgan fingerprint density at radius 1 is 1.23 bits per heavy atom. The fraction of sp³-hybridized carbons (Fsp3) is 0.182. The average Bonchev–Trinajstić information content (AvgIpc) is 2.86. The highest BCUT2D eigenvalue weighted by molar-refractivity contribution is 7.89. The summed E-state index contributed by atoms with van der Waals surface area (Å²) in [6, 6.07) is 4.98. The Morgan fingerprint density at radius 3 is 2.27 bits per heavy atom. The van der Waals surface area contributed by atoms with Crippen LogP contribution in [0.1, 0.15) is 16.2 Å². The second kappa shape index (κ2) is 5.40. The molecule has 0 unspecified atom stereocenters. The molecule has 1 aromatic heterocycles. The van der Waals surface area contributed by atoms with Gasteiger partial charge in [0.05, 0.1) is 6.26 Å². The fourth-order valence-corrected chi connectivity index (χ4v) is 1.91. The van der Waals surface area contributed by atoms with Crippen molar-refractivity contribution in [1.29, 1.82) is 0 Å². The largest absolute Gasteiger partial charge is 0.471 e. The first-order valence-corrected chi connectivity index (χ1v) is 7.49. The van der Waals surface area contributed by atoms with E-state index in [2.05, 4.69) is 14.7 Å². The number of aromatic nitrogens is 2. The zero-order chi connectivity index (χ0) is 16.5. The highest BCUT2D eigenvalue weighted by atomic mass is 32.2. The minimum absolute atomic E-state index is 0.00807. The summed E-state index contributed by atoms with van der Waals surface area (Å²) in [4.78, 5) is 14.7. The van der Waals surface area contributed by atoms with Crippen molar-refractivity contribution in [3.63, 3.8) is 0 Å². The number of hydrogen-bond donors (Lipinski definition) is 1. The number of nitrogens with one attached hydrogen (secondary N) is 1. The first-order valence-electron chi connectivity index (χ1n) is 5.60. The molecule has 0 aliphatic heterocycles. The third-order valence-corrected chi connectivity index (χ3v) is 2.91. The van der Waals surface area contributed by atoms with Gasteiger partial charge in [0.1, 0.15) is 0 Å². The van der Waals surface area contributed by atoms with Crippen molar-refractivity contribution in [3.8, 4) is 11.4 Å². The van der Waals surface area contributed by atoms with Gasteiger partial charge >= 0.3 is 12.1 Å². The lowest BCUT2D eigenvalue weighted by Gasteiger charge is -2.02. The molecular weight excluding hydrogens is 327 g/mol. The number of halogens is 3. The van der Waals surface area contributed by atoms with Crippen LogP contribution < -0.4 is 4.72 Å². The Morgan fingerprint density at radius 2 is 1.82 bits per heavy atom. The van der Waals surface area contributed by atoms with Crippen LogP contribution in [0.15, 0.2) is 28.8 Å². The van der Waals surface area contributed by atoms with E-state index in [0.29, 0.717) is 0 Å². The molecule has 7 nitrogen and oxygen atoms in total. The zero-order valence-corrected chi connectivity index (χ0v) is 11.7. The summed E-state index contributed by atoms with van der Waals surface area (Å²) in [5.74, 6) is -2.65. The molecular formula is C11H8F3N3O4S. The van der Waals surface area contributed by atoms with E-state index >= 15 is 0 Å². The van der Waals surface area contributed by atoms with E-state index in [1.54, 1.807) is 4.72 Å². The molecule has 0 bridgehead atoms. The van der Waals surface area contributed by atoms with Gasteiger partial charge in [-0.1, -0.05) is 17.3 Å². The number of rotatable bonds is 3. The van der Waals surface area contributed by atoms with Crippen LogP contribution in [0, 0.1) is 0 Å². The lowest BCUT2D eigenvalue weighted by Crippen LogP contribution is -2.29. The molecule has 118 valence electrons. The fourth-order valence-electron chi connectivity index (χ4n) is 1.45. The second-order valence-electron chi connectivity index (χ2n) is 4.20. The summed E-state index contributed by atoms with van der Waals surface area (Å²) >= 11 is 0. The van der Waals surface area contributed by atoms with E-state index in [1.807, 2.05) is 0 Å². The highest BCUT2D eigenvalue weighted by Gasteiger charge is 2.38. The molecule has 22 heavy (non-hydrogen) atoms. The normalized spacial score (nSPS) is 12.2. The topological polar surface area (TPSA) is 102 Å². The molecule has 11 heteroatoms. The summed E-state index contributed by atoms with van der Waals surface area (Å²) in [7, 11) is -3.71. The molecule has 0 aliphatic carbocycles. The van der Waals surface area contributed by atoms with E-state index in [-0.39, 0.29) is 17.0 Å². The average molecular weight is 335 g/mol. The molecule has 1 aromatic carbocycles. The van der Waals surface area contributed by atoms with E-state index < -0.39 is 28.0 Å². The number of carbonyl (C=O) groups excluding carboxylic acids is 1. The third kappa shape index (κ3) is 3.81. The van der Waals surface area contributed by atoms with Crippen LogP contribution in [0.4, 0.5) is 13.2 Å². The van der Waals surface area contributed by atoms with Gasteiger partial charge < -0.3 is 4.52 Å². The van der Waals surface area contributed by atoms with E-state index in [9.17, 15) is 26.4 Å². The second-order valence-corrected chi connectivity index (χ2v) is 5.95. The quantitative estimate of drug-likeness (QED) is 0.911. The summed E-state index contributed by atoms with van der Waals surface area (Å²) in [6.45, 7) is 0. The van der Waals surface area contributed by atoms with Crippen LogP contribution in [0.2, 0.25) is 0 Å². The molecule has 0 aliphatic rings. The van der Waals surface area contributed by atoms with Gasteiger partial charge in [-0.05, 0) is 12.1 Å². The smallest absolute Gasteiger partial charge is 0.329 e. The lowest BCUT2D eigenvalue weighted by atomic mass is 10.1. The summed E-state index contributed by atoms with van der Waals surface area (Å²) in [5.41, 5.74) is 0.184. The molecule has 1 heterocycles. The molecule has 2 aromatic rings. The SMILES string of the molecule is CS(=O)(=O)NC(=O)c1ccc(-c2noc(C(F)(F)F)n2)cc1. The number of carbonyl (C=O) groups is 1. The van der Waals surface area contributed by atoms with Crippen LogP contribution in [-0.4, -0.2) is 30.7 Å². The van der Waals surface area contributed by atoms with Crippen molar-refractivity contribution in [2.45, 2.75) is 6.18 Å². The van der Waals surface area contributed by atoms with Crippen LogP contribution in [0.5, 0.6) is 0 Å². The van der Waals surface area contributed by atoms with Crippen LogP contribution in [-0.2, 0) is 16.2 Å². The molecule has 0 fully saturated rings. The molecule has 0 spiro atoms. The molecule has 1 N–H and O–H groups in total. The van der Waals surface area contributed by atoms with Gasteiger partial charge in [0.2, 0.25) is 15.8 Å². The van der Waals surface area contributed by atoms with Crippen molar-refractivity contribution >= 4 is 15.9 Å². The highest BCUT2D eigenvalue weighted by Crippen LogP contribution is 2.29. The lowest BCUT2D eigenvalue weighted by molar-refractivity contribution is -0.159. The van der Waals surface area contributed by atoms with E-state index in [0.717, 1.165) is 6.26 Å². The zero-order valence-electron chi connectivity index (χ0n) is 10.9. The summed E-state index contributed by atoms with van der Waals surface area (Å²) < 4.78 is 64.7. The van der Waals surface area contributed by atoms with Gasteiger partial charge in [-0.2, -0.15) is 18.2 Å². The van der Waals surface area contributed by atoms with Gasteiger partial charge in [-0.25, -0.2) is 13.1 Å². The molecule has 0 atom stereocenters. The van der Waals surface area contributed by atoms with Crippen LogP contribution >= 0.6 is 0 Å². The maximum absolute atomic E-state index is 12.3. The van der Waals surface area contributed by atoms with Gasteiger partial charge in [-0.3, -0.25) is 4.79 Å². The van der Waals surface area contributed by atoms with Gasteiger partial charge in [0.25, 0.3) is 5.91 Å². The number of alkyl halides is 3. The Balaban J connectivity index is 2.22. The Hall–Kier alpha value is -2.43. The van der Waals surface area contributed by atoms with Crippen molar-refractivity contribution in [2.24, 2.45) is 0 Å². The summed E-state index contributed by atoms with van der Waals surface area (Å²) in [5, 5.41) is 3.18. The molecule has 0 radical (unpaired) electrons. The number of hydrogen-bond acceptors (Lipinski definition) is 6. The van der Waals surface area contributed by atoms with Crippen molar-refractivity contribution < 1.29 is 30.9 Å². The predicted octanol–water partition coefficient (Wildman–Crippen LogP) is 1.44. The Kier molecular flexibility index (Phi) is 3.92. The monoisotopic (exact) mass is 335 g/mol. The maximum Gasteiger partial charge on any atom is 0.471 e. The number of nitrogens with zero attached hydrogens (tertiary/aromatic N) is 2. The number of amides is 1. The van der Waals surface area contributed by atoms with Gasteiger partial charge in [0.15, 0.2) is 0 Å². The van der Waals surface area contributed by atoms with Crippen molar-refractivity contribution in [3.05, 3.63) is 35.7 Å². The van der Waals surface area contributed by atoms with Crippen molar-refractivity contribution in [1.82, 2.24) is 14.9 Å². The van der Waals surface area contributed by atoms with E-state index in [1.165, 1.54) is 24.3 Å². The molecule has 0 saturated heterocycles. The number of benzene rings is 1. The molecule has 0 saturated carbocycles. The van der Waals surface area contributed by atoms with Gasteiger partial charge in [0, 0.05) is 11.1 Å². The van der Waals surface area contributed by atoms with Crippen molar-refractivity contribution in [2.75, 3.05) is 6.26 Å².